The van der Waals surface area contributed by atoms with Crippen molar-refractivity contribution < 1.29 is 27.8 Å². The lowest BCUT2D eigenvalue weighted by Crippen LogP contribution is -2.54. The van der Waals surface area contributed by atoms with E-state index in [1.807, 2.05) is 7.05 Å². The zero-order valence-corrected chi connectivity index (χ0v) is 22.3. The summed E-state index contributed by atoms with van der Waals surface area (Å²) in [6.45, 7) is 1.91. The van der Waals surface area contributed by atoms with Crippen LogP contribution in [0.5, 0.6) is 0 Å². The number of urea groups is 1. The van der Waals surface area contributed by atoms with Gasteiger partial charge >= 0.3 is 6.03 Å². The van der Waals surface area contributed by atoms with E-state index in [1.165, 1.54) is 12.1 Å². The van der Waals surface area contributed by atoms with Gasteiger partial charge in [0, 0.05) is 50.9 Å². The molecule has 1 aliphatic carbocycles. The van der Waals surface area contributed by atoms with Crippen LogP contribution in [0.4, 0.5) is 18.0 Å². The van der Waals surface area contributed by atoms with E-state index >= 15 is 0 Å². The third-order valence-corrected chi connectivity index (χ3v) is 8.13. The highest BCUT2D eigenvalue weighted by Crippen LogP contribution is 2.41. The van der Waals surface area contributed by atoms with Crippen LogP contribution in [0.15, 0.2) is 18.2 Å². The van der Waals surface area contributed by atoms with E-state index in [-0.39, 0.29) is 30.6 Å². The molecule has 0 aromatic heterocycles. The highest BCUT2D eigenvalue weighted by atomic mass is 19.2. The van der Waals surface area contributed by atoms with E-state index in [1.54, 1.807) is 12.0 Å². The number of hydrogen-bond acceptors (Lipinski definition) is 4. The zero-order valence-electron chi connectivity index (χ0n) is 22.3. The van der Waals surface area contributed by atoms with Gasteiger partial charge in [-0.2, -0.15) is 0 Å². The molecule has 2 amide bonds. The lowest BCUT2D eigenvalue weighted by atomic mass is 9.74. The van der Waals surface area contributed by atoms with Crippen LogP contribution in [0.25, 0.3) is 0 Å². The number of hydrogen-bond donors (Lipinski definition) is 3. The minimum Gasteiger partial charge on any atom is -0.385 e. The van der Waals surface area contributed by atoms with E-state index in [0.29, 0.717) is 64.1 Å². The van der Waals surface area contributed by atoms with Crippen molar-refractivity contribution >= 4 is 6.03 Å². The molecule has 3 N–H and O–H groups in total. The van der Waals surface area contributed by atoms with Crippen LogP contribution < -0.4 is 10.6 Å². The molecule has 0 bridgehead atoms. The first-order chi connectivity index (χ1) is 17.8. The fraction of sp³-hybridized carbons (Fsp3) is 0.750. The fourth-order valence-electron chi connectivity index (χ4n) is 6.05. The number of rotatable bonds is 12. The Kier molecular flexibility index (Phi) is 11.5. The number of carbonyl (C=O) groups excluding carboxylic acids is 1. The molecule has 0 radical (unpaired) electrons. The summed E-state index contributed by atoms with van der Waals surface area (Å²) in [5.74, 6) is -2.08. The molecule has 1 aromatic carbocycles. The summed E-state index contributed by atoms with van der Waals surface area (Å²) in [5.41, 5.74) is -1.65. The normalized spacial score (nSPS) is 24.9. The van der Waals surface area contributed by atoms with Crippen molar-refractivity contribution in [1.82, 2.24) is 15.5 Å². The quantitative estimate of drug-likeness (QED) is 0.338. The van der Waals surface area contributed by atoms with Gasteiger partial charge in [0.2, 0.25) is 0 Å². The SMILES string of the molecule is CNC[C@H](CC1CCC(F)CC1)NC(=O)N1CCC[C@@H]([C@](O)(CCCCOC)c2cccc(F)c2F)C1. The number of piperidine rings is 1. The first-order valence-corrected chi connectivity index (χ1v) is 13.8. The number of amides is 2. The number of likely N-dealkylation sites (tertiary alicyclic amines) is 1. The molecule has 37 heavy (non-hydrogen) atoms. The molecular weight excluding hydrogens is 483 g/mol. The van der Waals surface area contributed by atoms with Crippen molar-refractivity contribution in [3.05, 3.63) is 35.4 Å². The number of ether oxygens (including phenoxy) is 1. The Labute approximate surface area is 219 Å². The predicted octanol–water partition coefficient (Wildman–Crippen LogP) is 4.90. The van der Waals surface area contributed by atoms with E-state index in [9.17, 15) is 23.1 Å². The van der Waals surface area contributed by atoms with Crippen LogP contribution in [0.3, 0.4) is 0 Å². The average Bonchev–Trinajstić information content (AvgIpc) is 2.89. The van der Waals surface area contributed by atoms with E-state index in [0.717, 1.165) is 25.3 Å². The maximum atomic E-state index is 14.9. The molecule has 9 heteroatoms. The monoisotopic (exact) mass is 527 g/mol. The molecule has 210 valence electrons. The summed E-state index contributed by atoms with van der Waals surface area (Å²) in [6.07, 6.45) is 5.67. The number of aliphatic hydroxyl groups is 1. The van der Waals surface area contributed by atoms with Crippen molar-refractivity contribution in [1.29, 1.82) is 0 Å². The summed E-state index contributed by atoms with van der Waals surface area (Å²) in [5, 5.41) is 18.1. The Hall–Kier alpha value is -1.84. The molecule has 1 aromatic rings. The Morgan fingerprint density at radius 3 is 2.68 bits per heavy atom. The van der Waals surface area contributed by atoms with Crippen molar-refractivity contribution in [2.24, 2.45) is 11.8 Å². The minimum atomic E-state index is -1.60. The molecule has 3 rings (SSSR count). The standard InChI is InChI=1S/C28H44F3N3O3/c1-32-18-23(17-20-10-12-22(29)13-11-20)33-27(35)34-15-6-7-21(19-34)28(36,14-3-4-16-37-2)24-8-5-9-25(30)26(24)31/h5,8-9,20-23,32,36H,3-4,6-7,10-19H2,1-2H3,(H,33,35)/t20?,21-,22?,23+,28-/m1/s1. The highest BCUT2D eigenvalue weighted by Gasteiger charge is 2.43. The van der Waals surface area contributed by atoms with Crippen LogP contribution in [-0.4, -0.2) is 68.6 Å². The Morgan fingerprint density at radius 1 is 1.22 bits per heavy atom. The predicted molar refractivity (Wildman–Crippen MR) is 138 cm³/mol. The molecule has 1 heterocycles. The molecule has 2 fully saturated rings. The van der Waals surface area contributed by atoms with Crippen molar-refractivity contribution in [3.8, 4) is 0 Å². The lowest BCUT2D eigenvalue weighted by Gasteiger charge is -2.43. The first-order valence-electron chi connectivity index (χ1n) is 13.8. The van der Waals surface area contributed by atoms with Crippen molar-refractivity contribution in [2.75, 3.05) is 40.4 Å². The number of halogens is 3. The van der Waals surface area contributed by atoms with E-state index < -0.39 is 29.3 Å². The molecule has 1 aliphatic heterocycles. The van der Waals surface area contributed by atoms with Gasteiger partial charge in [-0.1, -0.05) is 12.1 Å². The largest absolute Gasteiger partial charge is 0.385 e. The molecule has 6 nitrogen and oxygen atoms in total. The van der Waals surface area contributed by atoms with Crippen LogP contribution in [-0.2, 0) is 10.3 Å². The number of nitrogens with zero attached hydrogens (tertiary/aromatic N) is 1. The maximum Gasteiger partial charge on any atom is 0.317 e. The molecule has 3 atom stereocenters. The lowest BCUT2D eigenvalue weighted by molar-refractivity contribution is -0.0591. The molecule has 1 saturated carbocycles. The van der Waals surface area contributed by atoms with Gasteiger partial charge in [0.1, 0.15) is 6.17 Å². The van der Waals surface area contributed by atoms with E-state index in [2.05, 4.69) is 10.6 Å². The smallest absolute Gasteiger partial charge is 0.317 e. The van der Waals surface area contributed by atoms with Gasteiger partial charge in [-0.05, 0) is 83.2 Å². The van der Waals surface area contributed by atoms with Crippen LogP contribution >= 0.6 is 0 Å². The second kappa shape index (κ2) is 14.4. The molecule has 1 saturated heterocycles. The van der Waals surface area contributed by atoms with Crippen molar-refractivity contribution in [2.45, 2.75) is 82.0 Å². The van der Waals surface area contributed by atoms with Crippen LogP contribution in [0.2, 0.25) is 0 Å². The second-order valence-corrected chi connectivity index (χ2v) is 10.8. The second-order valence-electron chi connectivity index (χ2n) is 10.8. The summed E-state index contributed by atoms with van der Waals surface area (Å²) in [4.78, 5) is 15.0. The van der Waals surface area contributed by atoms with Gasteiger partial charge < -0.3 is 25.4 Å². The number of carbonyl (C=O) groups is 1. The summed E-state index contributed by atoms with van der Waals surface area (Å²) in [6, 6.07) is 3.60. The first kappa shape index (κ1) is 29.7. The summed E-state index contributed by atoms with van der Waals surface area (Å²) in [7, 11) is 3.44. The molecule has 2 aliphatic rings. The average molecular weight is 528 g/mol. The third kappa shape index (κ3) is 8.07. The van der Waals surface area contributed by atoms with Gasteiger partial charge in [-0.15, -0.1) is 0 Å². The van der Waals surface area contributed by atoms with Gasteiger partial charge in [-0.3, -0.25) is 0 Å². The van der Waals surface area contributed by atoms with Gasteiger partial charge in [-0.25, -0.2) is 18.0 Å². The topological polar surface area (TPSA) is 73.8 Å². The molecule has 0 unspecified atom stereocenters. The number of alkyl halides is 1. The Bertz CT molecular complexity index is 853. The Balaban J connectivity index is 1.70. The number of benzene rings is 1. The number of unbranched alkanes of at least 4 members (excludes halogenated alkanes) is 1. The molecule has 0 spiro atoms. The number of nitrogens with one attached hydrogen (secondary N) is 2. The zero-order chi connectivity index (χ0) is 26.8. The van der Waals surface area contributed by atoms with Crippen LogP contribution in [0, 0.1) is 23.5 Å². The van der Waals surface area contributed by atoms with Crippen LogP contribution in [0.1, 0.15) is 69.8 Å². The third-order valence-electron chi connectivity index (χ3n) is 8.13. The Morgan fingerprint density at radius 2 is 1.97 bits per heavy atom. The van der Waals surface area contributed by atoms with Crippen molar-refractivity contribution in [3.63, 3.8) is 0 Å². The maximum absolute atomic E-state index is 14.9. The molecular formula is C28H44F3N3O3. The van der Waals surface area contributed by atoms with E-state index in [4.69, 9.17) is 4.74 Å². The number of methoxy groups -OCH3 is 1. The van der Waals surface area contributed by atoms with Gasteiger partial charge in [0.05, 0.1) is 5.60 Å². The summed E-state index contributed by atoms with van der Waals surface area (Å²) >= 11 is 0. The minimum absolute atomic E-state index is 0.0475. The highest BCUT2D eigenvalue weighted by molar-refractivity contribution is 5.74. The summed E-state index contributed by atoms with van der Waals surface area (Å²) < 4.78 is 47.7. The van der Waals surface area contributed by atoms with Gasteiger partial charge in [0.25, 0.3) is 0 Å². The van der Waals surface area contributed by atoms with Gasteiger partial charge in [0.15, 0.2) is 11.6 Å². The number of likely N-dealkylation sites (N-methyl/N-ethyl adjacent to an activating group) is 1. The fourth-order valence-corrected chi connectivity index (χ4v) is 6.05.